The van der Waals surface area contributed by atoms with Gasteiger partial charge in [-0.2, -0.15) is 0 Å². The lowest BCUT2D eigenvalue weighted by molar-refractivity contribution is -0.308. The molecule has 44 heavy (non-hydrogen) atoms. The monoisotopic (exact) mass is 615 g/mol. The Hall–Kier alpha value is -4.21. The van der Waals surface area contributed by atoms with E-state index in [1.54, 1.807) is 24.3 Å². The SMILES string of the molecule is CC(=O)N[C@H]1C(C(O)[C@H](O)CNC(=O)c2ccc(-c3ccccc3)cc2)O[C@@](OCC(=O)NCCCC=O)(C(=O)O)C[C@@H]1O. The van der Waals surface area contributed by atoms with E-state index in [-0.39, 0.29) is 18.5 Å². The number of nitrogens with one attached hydrogen (secondary N) is 3. The van der Waals surface area contributed by atoms with Crippen LogP contribution in [0.4, 0.5) is 0 Å². The fraction of sp³-hybridized carbons (Fsp3) is 0.433. The van der Waals surface area contributed by atoms with Gasteiger partial charge in [0.2, 0.25) is 11.8 Å². The quantitative estimate of drug-likeness (QED) is 0.0986. The summed E-state index contributed by atoms with van der Waals surface area (Å²) >= 11 is 0. The minimum Gasteiger partial charge on any atom is -0.477 e. The van der Waals surface area contributed by atoms with E-state index >= 15 is 0 Å². The Morgan fingerprint density at radius 2 is 1.70 bits per heavy atom. The smallest absolute Gasteiger partial charge is 0.364 e. The number of carbonyl (C=O) groups excluding carboxylic acids is 4. The number of ether oxygens (including phenoxy) is 2. The van der Waals surface area contributed by atoms with Crippen molar-refractivity contribution >= 4 is 30.0 Å². The van der Waals surface area contributed by atoms with Crippen LogP contribution in [0.25, 0.3) is 11.1 Å². The van der Waals surface area contributed by atoms with Gasteiger partial charge in [-0.1, -0.05) is 42.5 Å². The molecule has 14 heteroatoms. The van der Waals surface area contributed by atoms with Gasteiger partial charge in [-0.15, -0.1) is 0 Å². The number of carboxylic acids is 1. The van der Waals surface area contributed by atoms with Gasteiger partial charge in [0.1, 0.15) is 25.1 Å². The Bertz CT molecular complexity index is 1290. The van der Waals surface area contributed by atoms with Crippen LogP contribution in [0.2, 0.25) is 0 Å². The van der Waals surface area contributed by atoms with Crippen molar-refractivity contribution in [1.82, 2.24) is 16.0 Å². The number of benzene rings is 2. The number of carboxylic acid groups (broad SMARTS) is 1. The predicted molar refractivity (Wildman–Crippen MR) is 154 cm³/mol. The Balaban J connectivity index is 1.69. The minimum absolute atomic E-state index is 0.130. The Kier molecular flexibility index (Phi) is 12.5. The van der Waals surface area contributed by atoms with E-state index in [9.17, 15) is 44.4 Å². The highest BCUT2D eigenvalue weighted by Gasteiger charge is 2.56. The number of rotatable bonds is 15. The van der Waals surface area contributed by atoms with Crippen LogP contribution in [0, 0.1) is 0 Å². The van der Waals surface area contributed by atoms with Crippen molar-refractivity contribution in [1.29, 1.82) is 0 Å². The first-order valence-corrected chi connectivity index (χ1v) is 14.0. The molecule has 2 unspecified atom stereocenters. The first kappa shape index (κ1) is 34.3. The number of aliphatic hydroxyl groups excluding tert-OH is 3. The van der Waals surface area contributed by atoms with Crippen molar-refractivity contribution in [3.8, 4) is 11.1 Å². The molecule has 238 valence electrons. The normalized spacial score (nSPS) is 22.7. The van der Waals surface area contributed by atoms with E-state index in [1.165, 1.54) is 0 Å². The zero-order valence-electron chi connectivity index (χ0n) is 24.0. The number of aldehydes is 1. The van der Waals surface area contributed by atoms with Crippen LogP contribution in [0.3, 0.4) is 0 Å². The second-order valence-electron chi connectivity index (χ2n) is 10.3. The van der Waals surface area contributed by atoms with Gasteiger partial charge in [-0.3, -0.25) is 14.4 Å². The van der Waals surface area contributed by atoms with Gasteiger partial charge in [0.15, 0.2) is 0 Å². The maximum atomic E-state index is 12.7. The number of carbonyl (C=O) groups is 5. The van der Waals surface area contributed by atoms with Gasteiger partial charge in [0.25, 0.3) is 11.7 Å². The van der Waals surface area contributed by atoms with Gasteiger partial charge >= 0.3 is 5.97 Å². The Labute approximate surface area is 253 Å². The number of aliphatic hydroxyl groups is 3. The molecule has 2 aromatic carbocycles. The lowest BCUT2D eigenvalue weighted by Crippen LogP contribution is -2.68. The maximum absolute atomic E-state index is 12.7. The Morgan fingerprint density at radius 3 is 2.32 bits per heavy atom. The summed E-state index contributed by atoms with van der Waals surface area (Å²) in [7, 11) is 0. The predicted octanol–water partition coefficient (Wildman–Crippen LogP) is -0.647. The van der Waals surface area contributed by atoms with E-state index in [2.05, 4.69) is 16.0 Å². The summed E-state index contributed by atoms with van der Waals surface area (Å²) in [6, 6.07) is 14.8. The van der Waals surface area contributed by atoms with Crippen molar-refractivity contribution in [2.45, 2.75) is 62.4 Å². The summed E-state index contributed by atoms with van der Waals surface area (Å²) in [4.78, 5) is 59.4. The summed E-state index contributed by atoms with van der Waals surface area (Å²) < 4.78 is 10.9. The van der Waals surface area contributed by atoms with E-state index in [0.717, 1.165) is 18.1 Å². The van der Waals surface area contributed by atoms with Gasteiger partial charge in [0, 0.05) is 38.4 Å². The van der Waals surface area contributed by atoms with Crippen LogP contribution in [-0.2, 0) is 28.7 Å². The van der Waals surface area contributed by atoms with E-state index in [4.69, 9.17) is 9.47 Å². The first-order valence-electron chi connectivity index (χ1n) is 14.0. The molecule has 7 N–H and O–H groups in total. The molecule has 6 atom stereocenters. The molecule has 1 fully saturated rings. The molecule has 0 radical (unpaired) electrons. The van der Waals surface area contributed by atoms with E-state index < -0.39 is 79.5 Å². The van der Waals surface area contributed by atoms with Gasteiger partial charge in [0.05, 0.1) is 18.2 Å². The molecular formula is C30H37N3O11. The molecule has 3 rings (SSSR count). The van der Waals surface area contributed by atoms with Crippen molar-refractivity contribution in [3.63, 3.8) is 0 Å². The third kappa shape index (κ3) is 9.14. The number of amides is 3. The summed E-state index contributed by atoms with van der Waals surface area (Å²) in [6.45, 7) is -0.0609. The van der Waals surface area contributed by atoms with Gasteiger partial charge < -0.3 is 50.6 Å². The molecule has 14 nitrogen and oxygen atoms in total. The lowest BCUT2D eigenvalue weighted by Gasteiger charge is -2.46. The molecule has 0 aromatic heterocycles. The minimum atomic E-state index is -2.64. The van der Waals surface area contributed by atoms with Crippen LogP contribution in [-0.4, -0.2) is 106 Å². The van der Waals surface area contributed by atoms with Crippen LogP contribution in [0.5, 0.6) is 0 Å². The molecule has 0 saturated carbocycles. The molecule has 1 aliphatic rings. The maximum Gasteiger partial charge on any atom is 0.364 e. The van der Waals surface area contributed by atoms with Crippen LogP contribution >= 0.6 is 0 Å². The summed E-state index contributed by atoms with van der Waals surface area (Å²) in [5.41, 5.74) is 2.11. The molecule has 1 heterocycles. The third-order valence-electron chi connectivity index (χ3n) is 6.98. The standard InChI is InChI=1S/C30H37N3O11/c1-18(35)33-25-22(36)15-30(29(41)42,43-17-24(38)31-13-5-6-14-34)44-27(25)26(39)23(37)16-32-28(40)21-11-9-20(10-12-21)19-7-3-2-4-8-19/h2-4,7-12,14,22-23,25-27,36-37,39H,5-6,13,15-17H2,1H3,(H,31,38)(H,32,40)(H,33,35)(H,41,42)/t22-,23+,25+,26?,27?,30+/m0/s1. The van der Waals surface area contributed by atoms with E-state index in [1.807, 2.05) is 30.3 Å². The molecule has 2 aromatic rings. The zero-order chi connectivity index (χ0) is 32.3. The second-order valence-corrected chi connectivity index (χ2v) is 10.3. The summed E-state index contributed by atoms with van der Waals surface area (Å²) in [5, 5.41) is 49.8. The molecule has 0 spiro atoms. The summed E-state index contributed by atoms with van der Waals surface area (Å²) in [5.74, 6) is -6.30. The van der Waals surface area contributed by atoms with Crippen LogP contribution in [0.15, 0.2) is 54.6 Å². The Morgan fingerprint density at radius 1 is 1.05 bits per heavy atom. The zero-order valence-corrected chi connectivity index (χ0v) is 24.0. The fourth-order valence-electron chi connectivity index (χ4n) is 4.68. The molecule has 3 amide bonds. The molecular weight excluding hydrogens is 578 g/mol. The van der Waals surface area contributed by atoms with Gasteiger partial charge in [-0.05, 0) is 29.7 Å². The first-order chi connectivity index (χ1) is 21.0. The number of hydrogen-bond acceptors (Lipinski definition) is 10. The van der Waals surface area contributed by atoms with Crippen molar-refractivity contribution < 1.29 is 53.9 Å². The third-order valence-corrected chi connectivity index (χ3v) is 6.98. The fourth-order valence-corrected chi connectivity index (χ4v) is 4.68. The number of unbranched alkanes of at least 4 members (excludes halogenated alkanes) is 1. The van der Waals surface area contributed by atoms with Crippen LogP contribution in [0.1, 0.15) is 36.5 Å². The van der Waals surface area contributed by atoms with Gasteiger partial charge in [-0.25, -0.2) is 4.79 Å². The summed E-state index contributed by atoms with van der Waals surface area (Å²) in [6.07, 6.45) is -6.57. The average Bonchev–Trinajstić information content (AvgIpc) is 3.01. The highest BCUT2D eigenvalue weighted by atomic mass is 16.7. The van der Waals surface area contributed by atoms with Crippen molar-refractivity contribution in [3.05, 3.63) is 60.2 Å². The second kappa shape index (κ2) is 16.0. The lowest BCUT2D eigenvalue weighted by atomic mass is 9.88. The topological polar surface area (TPSA) is 221 Å². The van der Waals surface area contributed by atoms with Crippen LogP contribution < -0.4 is 16.0 Å². The molecule has 1 aliphatic heterocycles. The van der Waals surface area contributed by atoms with Crippen molar-refractivity contribution in [2.24, 2.45) is 0 Å². The average molecular weight is 616 g/mol. The number of aliphatic carboxylic acids is 1. The molecule has 0 aliphatic carbocycles. The van der Waals surface area contributed by atoms with Crippen molar-refractivity contribution in [2.75, 3.05) is 19.7 Å². The molecule has 0 bridgehead atoms. The highest BCUT2D eigenvalue weighted by molar-refractivity contribution is 5.94. The largest absolute Gasteiger partial charge is 0.477 e. The highest BCUT2D eigenvalue weighted by Crippen LogP contribution is 2.33. The molecule has 1 saturated heterocycles. The number of hydrogen-bond donors (Lipinski definition) is 7. The van der Waals surface area contributed by atoms with E-state index in [0.29, 0.717) is 12.7 Å².